The maximum absolute atomic E-state index is 13.9. The number of ether oxygens (including phenoxy) is 4. The Balaban J connectivity index is 0.781. The van der Waals surface area contributed by atoms with Crippen LogP contribution in [0.25, 0.3) is 31.0 Å². The summed E-state index contributed by atoms with van der Waals surface area (Å²) in [6, 6.07) is 24.4. The number of aryl methyl sites for hydroxylation is 1. The first-order chi connectivity index (χ1) is 32.7. The summed E-state index contributed by atoms with van der Waals surface area (Å²) >= 11 is 2.96. The maximum atomic E-state index is 13.9. The molecule has 0 spiro atoms. The zero-order valence-electron chi connectivity index (χ0n) is 38.4. The molecule has 1 aliphatic rings. The number of benzene rings is 4. The minimum absolute atomic E-state index is 0.0287. The number of likely N-dealkylation sites (tertiary alicyclic amines) is 1. The number of thiazole rings is 1. The zero-order chi connectivity index (χ0) is 48.4. The zero-order valence-corrected chi connectivity index (χ0v) is 40.0. The van der Waals surface area contributed by atoms with Gasteiger partial charge in [-0.25, -0.2) is 4.98 Å². The first kappa shape index (κ1) is 49.7. The largest absolute Gasteiger partial charge is 0.508 e. The third kappa shape index (κ3) is 12.7. The Bertz CT molecular complexity index is 2680. The summed E-state index contributed by atoms with van der Waals surface area (Å²) in [5.41, 5.74) is 5.75. The van der Waals surface area contributed by atoms with Gasteiger partial charge in [0, 0.05) is 45.6 Å². The number of hydrogen-bond donors (Lipinski definition) is 5. The van der Waals surface area contributed by atoms with Gasteiger partial charge in [-0.3, -0.25) is 19.2 Å². The summed E-state index contributed by atoms with van der Waals surface area (Å²) in [7, 11) is 0. The summed E-state index contributed by atoms with van der Waals surface area (Å²) in [5.74, 6) is -0.719. The molecule has 358 valence electrons. The number of hydrogen-bond acceptors (Lipinski definition) is 14. The number of aromatic nitrogens is 1. The lowest BCUT2D eigenvalue weighted by Crippen LogP contribution is -2.58. The summed E-state index contributed by atoms with van der Waals surface area (Å²) < 4.78 is 23.3. The van der Waals surface area contributed by atoms with E-state index < -0.39 is 35.4 Å². The molecular weight excluding hydrogens is 909 g/mol. The van der Waals surface area contributed by atoms with E-state index in [2.05, 4.69) is 15.6 Å². The predicted molar refractivity (Wildman–Crippen MR) is 260 cm³/mol. The Morgan fingerprint density at radius 2 is 1.44 bits per heavy atom. The fraction of sp³-hybridized carbons (Fsp3) is 0.353. The molecule has 2 aromatic heterocycles. The summed E-state index contributed by atoms with van der Waals surface area (Å²) in [5, 5.41) is 36.8. The number of ketones is 1. The number of amides is 3. The summed E-state index contributed by atoms with van der Waals surface area (Å²) in [6.07, 6.45) is -0.797. The predicted octanol–water partition coefficient (Wildman–Crippen LogP) is 6.88. The van der Waals surface area contributed by atoms with Crippen molar-refractivity contribution in [2.75, 3.05) is 52.8 Å². The molecule has 17 heteroatoms. The average molecular weight is 965 g/mol. The lowest BCUT2D eigenvalue weighted by atomic mass is 9.85. The van der Waals surface area contributed by atoms with Crippen molar-refractivity contribution in [1.29, 1.82) is 0 Å². The third-order valence-corrected chi connectivity index (χ3v) is 13.5. The summed E-state index contributed by atoms with van der Waals surface area (Å²) in [4.78, 5) is 61.7. The van der Waals surface area contributed by atoms with Crippen LogP contribution in [0.2, 0.25) is 0 Å². The molecule has 0 radical (unpaired) electrons. The van der Waals surface area contributed by atoms with Crippen LogP contribution >= 0.6 is 22.7 Å². The van der Waals surface area contributed by atoms with Gasteiger partial charge in [-0.05, 0) is 95.8 Å². The lowest BCUT2D eigenvalue weighted by Gasteiger charge is -2.35. The van der Waals surface area contributed by atoms with E-state index >= 15 is 0 Å². The third-order valence-electron chi connectivity index (χ3n) is 11.3. The van der Waals surface area contributed by atoms with Crippen molar-refractivity contribution in [3.05, 3.63) is 119 Å². The van der Waals surface area contributed by atoms with E-state index in [1.807, 2.05) is 52.0 Å². The molecule has 3 heterocycles. The highest BCUT2D eigenvalue weighted by atomic mass is 32.1. The average Bonchev–Trinajstić information content (AvgIpc) is 4.05. The minimum Gasteiger partial charge on any atom is -0.508 e. The van der Waals surface area contributed by atoms with Crippen molar-refractivity contribution in [3.8, 4) is 38.1 Å². The fourth-order valence-corrected chi connectivity index (χ4v) is 9.83. The van der Waals surface area contributed by atoms with Gasteiger partial charge in [0.05, 0.1) is 55.2 Å². The molecule has 1 unspecified atom stereocenters. The number of aliphatic hydroxyl groups excluding tert-OH is 1. The Hall–Kier alpha value is -6.21. The highest BCUT2D eigenvalue weighted by Gasteiger charge is 2.44. The van der Waals surface area contributed by atoms with Gasteiger partial charge in [-0.1, -0.05) is 45.0 Å². The highest BCUT2D eigenvalue weighted by Crippen LogP contribution is 2.41. The Morgan fingerprint density at radius 3 is 2.10 bits per heavy atom. The van der Waals surface area contributed by atoms with Crippen LogP contribution in [0.15, 0.2) is 96.5 Å². The monoisotopic (exact) mass is 964 g/mol. The number of carbonyl (C=O) groups excluding carboxylic acids is 4. The molecule has 1 saturated heterocycles. The molecule has 3 amide bonds. The molecule has 0 aliphatic carbocycles. The smallest absolute Gasteiger partial charge is 0.246 e. The molecule has 5 N–H and O–H groups in total. The number of carbonyl (C=O) groups is 4. The van der Waals surface area contributed by atoms with Crippen LogP contribution in [-0.4, -0.2) is 120 Å². The molecule has 7 rings (SSSR count). The van der Waals surface area contributed by atoms with Gasteiger partial charge in [0.25, 0.3) is 0 Å². The molecule has 6 aromatic rings. The molecular formula is C51H56N4O11S2. The number of phenols is 2. The number of rotatable bonds is 21. The van der Waals surface area contributed by atoms with Gasteiger partial charge in [-0.2, -0.15) is 0 Å². The quantitative estimate of drug-likeness (QED) is 0.0370. The van der Waals surface area contributed by atoms with Gasteiger partial charge in [0.1, 0.15) is 42.5 Å². The van der Waals surface area contributed by atoms with Crippen LogP contribution in [0.5, 0.6) is 17.2 Å². The van der Waals surface area contributed by atoms with Crippen LogP contribution < -0.4 is 15.4 Å². The molecule has 1 aliphatic heterocycles. The normalized spacial score (nSPS) is 15.3. The van der Waals surface area contributed by atoms with Crippen molar-refractivity contribution in [3.63, 3.8) is 0 Å². The number of nitrogens with zero attached hydrogens (tertiary/aromatic N) is 2. The number of nitrogens with one attached hydrogen (secondary N) is 2. The highest BCUT2D eigenvalue weighted by molar-refractivity contribution is 7.22. The molecule has 0 saturated carbocycles. The minimum atomic E-state index is -0.982. The number of fused-ring (bicyclic) bond motifs is 1. The number of thiophene rings is 1. The molecule has 0 bridgehead atoms. The fourth-order valence-electron chi connectivity index (χ4n) is 7.78. The SMILES string of the molecule is Cc1ncsc1-c1ccc(CNC(=O)[C@@H]2C[C@@H](O)CN2C(=O)C(NC(=O)COCCOCCOCCOc2ccc(C(=O)c3c(-c4ccc(O)cc4)sc4cc(O)ccc34)cc2)C(C)(C)C)cc1. The van der Waals surface area contributed by atoms with E-state index in [-0.39, 0.29) is 75.7 Å². The first-order valence-electron chi connectivity index (χ1n) is 22.3. The second-order valence-electron chi connectivity index (χ2n) is 17.5. The summed E-state index contributed by atoms with van der Waals surface area (Å²) in [6.45, 7) is 8.80. The van der Waals surface area contributed by atoms with E-state index in [1.165, 1.54) is 16.2 Å². The molecule has 1 fully saturated rings. The van der Waals surface area contributed by atoms with Crippen molar-refractivity contribution in [2.45, 2.75) is 58.8 Å². The van der Waals surface area contributed by atoms with Crippen LogP contribution in [-0.2, 0) is 35.1 Å². The van der Waals surface area contributed by atoms with Crippen molar-refractivity contribution in [1.82, 2.24) is 20.5 Å². The van der Waals surface area contributed by atoms with Crippen molar-refractivity contribution < 1.29 is 53.4 Å². The Kier molecular flexibility index (Phi) is 16.6. The molecule has 15 nitrogen and oxygen atoms in total. The van der Waals surface area contributed by atoms with Crippen molar-refractivity contribution >= 4 is 56.3 Å². The molecule has 68 heavy (non-hydrogen) atoms. The maximum Gasteiger partial charge on any atom is 0.246 e. The molecule has 3 atom stereocenters. The number of β-amino-alcohol motifs (C(OH)–C–C–N with tert-alkyl or cyclic N) is 1. The first-order valence-corrected chi connectivity index (χ1v) is 24.0. The second-order valence-corrected chi connectivity index (χ2v) is 19.4. The van der Waals surface area contributed by atoms with Crippen LogP contribution in [0, 0.1) is 12.3 Å². The standard InChI is InChI=1S/C51H56N4O11S2/c1-31-46(67-30-53-31)34-7-5-32(6-8-34)27-52-49(61)41-25-38(58)28-55(41)50(62)48(51(2,3)4)54-43(59)29-65-22-21-63-19-20-64-23-24-66-39-16-11-33(12-17-39)45(60)44-40-18-15-37(57)26-42(40)68-47(44)35-9-13-36(56)14-10-35/h5-18,26,30,38,41,48,56-58H,19-25,27-29H2,1-4H3,(H,52,61)(H,54,59)/t38-,41+,48?/m1/s1. The van der Waals surface area contributed by atoms with Crippen LogP contribution in [0.3, 0.4) is 0 Å². The van der Waals surface area contributed by atoms with Crippen molar-refractivity contribution in [2.24, 2.45) is 5.41 Å². The van der Waals surface area contributed by atoms with Gasteiger partial charge in [-0.15, -0.1) is 22.7 Å². The van der Waals surface area contributed by atoms with Gasteiger partial charge in [0.2, 0.25) is 17.7 Å². The number of aromatic hydroxyl groups is 2. The number of aliphatic hydroxyl groups is 1. The number of phenolic OH excluding ortho intramolecular Hbond substituents is 2. The van der Waals surface area contributed by atoms with Gasteiger partial charge >= 0.3 is 0 Å². The van der Waals surface area contributed by atoms with E-state index in [0.29, 0.717) is 30.1 Å². The van der Waals surface area contributed by atoms with Gasteiger partial charge in [0.15, 0.2) is 5.78 Å². The Labute approximate surface area is 402 Å². The second kappa shape index (κ2) is 22.7. The lowest BCUT2D eigenvalue weighted by molar-refractivity contribution is -0.144. The molecule has 4 aromatic carbocycles. The van der Waals surface area contributed by atoms with Gasteiger partial charge < -0.3 is 49.8 Å². The van der Waals surface area contributed by atoms with Crippen LogP contribution in [0.1, 0.15) is 54.4 Å². The van der Waals surface area contributed by atoms with E-state index in [4.69, 9.17) is 18.9 Å². The Morgan fingerprint density at radius 1 is 0.809 bits per heavy atom. The van der Waals surface area contributed by atoms with E-state index in [0.717, 1.165) is 42.2 Å². The topological polar surface area (TPSA) is 206 Å². The van der Waals surface area contributed by atoms with E-state index in [9.17, 15) is 34.5 Å². The van der Waals surface area contributed by atoms with Crippen LogP contribution in [0.4, 0.5) is 0 Å². The van der Waals surface area contributed by atoms with E-state index in [1.54, 1.807) is 83.6 Å².